The van der Waals surface area contributed by atoms with Gasteiger partial charge < -0.3 is 19.7 Å². The molecular weight excluding hydrogens is 317 g/mol. The number of aromatic nitrogens is 1. The summed E-state index contributed by atoms with van der Waals surface area (Å²) >= 11 is 0. The number of hydrogen-bond donors (Lipinski definition) is 1. The van der Waals surface area contributed by atoms with Crippen molar-refractivity contribution in [3.05, 3.63) is 59.7 Å². The monoisotopic (exact) mass is 345 g/mol. The molecule has 1 unspecified atom stereocenters. The molecule has 0 spiro atoms. The van der Waals surface area contributed by atoms with E-state index in [1.807, 2.05) is 52.6 Å². The van der Waals surface area contributed by atoms with Gasteiger partial charge in [0.1, 0.15) is 5.82 Å². The van der Waals surface area contributed by atoms with Crippen LogP contribution >= 0.6 is 0 Å². The van der Waals surface area contributed by atoms with Gasteiger partial charge in [0.2, 0.25) is 0 Å². The molecule has 0 aliphatic rings. The quantitative estimate of drug-likeness (QED) is 0.645. The van der Waals surface area contributed by atoms with Crippen LogP contribution in [0, 0.1) is 5.82 Å². The summed E-state index contributed by atoms with van der Waals surface area (Å²) in [5.74, 6) is 0.613. The lowest BCUT2D eigenvalue weighted by atomic mass is 10.1. The van der Waals surface area contributed by atoms with E-state index in [4.69, 9.17) is 0 Å². The minimum atomic E-state index is -0.215. The second kappa shape index (κ2) is 8.67. The van der Waals surface area contributed by atoms with Crippen molar-refractivity contribution in [2.75, 3.05) is 34.7 Å². The van der Waals surface area contributed by atoms with Crippen LogP contribution < -0.4 is 5.32 Å². The Hall–Kier alpha value is -2.34. The number of nitrogens with zero attached hydrogens (tertiary/aromatic N) is 4. The van der Waals surface area contributed by atoms with Crippen molar-refractivity contribution in [1.29, 1.82) is 0 Å². The molecule has 0 radical (unpaired) electrons. The summed E-state index contributed by atoms with van der Waals surface area (Å²) in [4.78, 5) is 8.59. The molecule has 6 heteroatoms. The number of halogens is 1. The third kappa shape index (κ3) is 5.06. The molecule has 2 aromatic rings. The molecule has 1 aromatic carbocycles. The van der Waals surface area contributed by atoms with E-state index in [-0.39, 0.29) is 11.9 Å². The van der Waals surface area contributed by atoms with Crippen molar-refractivity contribution in [3.8, 4) is 0 Å². The van der Waals surface area contributed by atoms with E-state index in [1.165, 1.54) is 17.8 Å². The standard InChI is InChI=1S/C19H28FN5/c1-21-19(25(5)14-17-7-6-12-24(17)4)22-13-18(23(2)3)15-8-10-16(20)11-9-15/h6-12,18H,13-14H2,1-5H3,(H,21,22). The van der Waals surface area contributed by atoms with Crippen LogP contribution in [-0.4, -0.2) is 55.1 Å². The maximum Gasteiger partial charge on any atom is 0.193 e. The lowest BCUT2D eigenvalue weighted by Gasteiger charge is -2.28. The van der Waals surface area contributed by atoms with Crippen molar-refractivity contribution in [2.45, 2.75) is 12.6 Å². The van der Waals surface area contributed by atoms with Crippen molar-refractivity contribution < 1.29 is 4.39 Å². The molecule has 2 rings (SSSR count). The van der Waals surface area contributed by atoms with Crippen molar-refractivity contribution in [3.63, 3.8) is 0 Å². The third-order valence-corrected chi connectivity index (χ3v) is 4.36. The number of guanidine groups is 1. The van der Waals surface area contributed by atoms with Gasteiger partial charge in [0.05, 0.1) is 12.6 Å². The van der Waals surface area contributed by atoms with Crippen molar-refractivity contribution >= 4 is 5.96 Å². The summed E-state index contributed by atoms with van der Waals surface area (Å²) < 4.78 is 15.3. The molecular formula is C19H28FN5. The van der Waals surface area contributed by atoms with Gasteiger partial charge in [-0.25, -0.2) is 4.39 Å². The number of hydrogen-bond acceptors (Lipinski definition) is 2. The van der Waals surface area contributed by atoms with Gasteiger partial charge in [0.15, 0.2) is 5.96 Å². The Bertz CT molecular complexity index is 690. The maximum absolute atomic E-state index is 13.2. The highest BCUT2D eigenvalue weighted by Gasteiger charge is 2.16. The third-order valence-electron chi connectivity index (χ3n) is 4.36. The fraction of sp³-hybridized carbons (Fsp3) is 0.421. The molecule has 1 aromatic heterocycles. The van der Waals surface area contributed by atoms with Crippen LogP contribution in [0.3, 0.4) is 0 Å². The van der Waals surface area contributed by atoms with E-state index in [0.717, 1.165) is 18.1 Å². The molecule has 0 amide bonds. The first-order valence-electron chi connectivity index (χ1n) is 8.36. The molecule has 0 saturated carbocycles. The van der Waals surface area contributed by atoms with Crippen LogP contribution in [0.15, 0.2) is 47.6 Å². The average Bonchev–Trinajstić information content (AvgIpc) is 2.97. The first-order chi connectivity index (χ1) is 11.9. The summed E-state index contributed by atoms with van der Waals surface area (Å²) in [6.07, 6.45) is 2.04. The average molecular weight is 345 g/mol. The highest BCUT2D eigenvalue weighted by Crippen LogP contribution is 2.18. The number of benzene rings is 1. The maximum atomic E-state index is 13.2. The fourth-order valence-corrected chi connectivity index (χ4v) is 2.83. The van der Waals surface area contributed by atoms with E-state index in [9.17, 15) is 4.39 Å². The molecule has 0 saturated heterocycles. The number of nitrogens with one attached hydrogen (secondary N) is 1. The highest BCUT2D eigenvalue weighted by atomic mass is 19.1. The Kier molecular flexibility index (Phi) is 6.58. The van der Waals surface area contributed by atoms with E-state index >= 15 is 0 Å². The Morgan fingerprint density at radius 3 is 2.40 bits per heavy atom. The Morgan fingerprint density at radius 1 is 1.20 bits per heavy atom. The zero-order valence-electron chi connectivity index (χ0n) is 15.7. The summed E-state index contributed by atoms with van der Waals surface area (Å²) in [6.45, 7) is 1.45. The van der Waals surface area contributed by atoms with Crippen LogP contribution in [0.5, 0.6) is 0 Å². The van der Waals surface area contributed by atoms with Crippen LogP contribution in [0.4, 0.5) is 4.39 Å². The number of aliphatic imine (C=N–C) groups is 1. The van der Waals surface area contributed by atoms with Gasteiger partial charge in [-0.3, -0.25) is 4.99 Å². The highest BCUT2D eigenvalue weighted by molar-refractivity contribution is 5.79. The topological polar surface area (TPSA) is 35.8 Å². The first-order valence-corrected chi connectivity index (χ1v) is 8.36. The molecule has 136 valence electrons. The molecule has 0 aliphatic carbocycles. The van der Waals surface area contributed by atoms with Gasteiger partial charge in [-0.1, -0.05) is 12.1 Å². The number of rotatable bonds is 6. The van der Waals surface area contributed by atoms with Crippen LogP contribution in [0.1, 0.15) is 17.3 Å². The Balaban J connectivity index is 2.02. The number of aryl methyl sites for hydroxylation is 1. The van der Waals surface area contributed by atoms with E-state index in [0.29, 0.717) is 6.54 Å². The van der Waals surface area contributed by atoms with Gasteiger partial charge >= 0.3 is 0 Å². The molecule has 0 fully saturated rings. The predicted molar refractivity (Wildman–Crippen MR) is 101 cm³/mol. The van der Waals surface area contributed by atoms with Crippen LogP contribution in [0.25, 0.3) is 0 Å². The molecule has 1 atom stereocenters. The fourth-order valence-electron chi connectivity index (χ4n) is 2.83. The van der Waals surface area contributed by atoms with Gasteiger partial charge in [0.25, 0.3) is 0 Å². The van der Waals surface area contributed by atoms with E-state index in [1.54, 1.807) is 7.05 Å². The first kappa shape index (κ1) is 19.0. The summed E-state index contributed by atoms with van der Waals surface area (Å²) in [6, 6.07) is 10.9. The largest absolute Gasteiger partial charge is 0.354 e. The minimum Gasteiger partial charge on any atom is -0.354 e. The Morgan fingerprint density at radius 2 is 1.88 bits per heavy atom. The zero-order valence-corrected chi connectivity index (χ0v) is 15.7. The second-order valence-electron chi connectivity index (χ2n) is 6.43. The lowest BCUT2D eigenvalue weighted by molar-refractivity contribution is 0.295. The van der Waals surface area contributed by atoms with Crippen LogP contribution in [0.2, 0.25) is 0 Å². The summed E-state index contributed by atoms with van der Waals surface area (Å²) in [7, 11) is 9.88. The van der Waals surface area contributed by atoms with Crippen molar-refractivity contribution in [1.82, 2.24) is 19.7 Å². The van der Waals surface area contributed by atoms with E-state index < -0.39 is 0 Å². The number of likely N-dealkylation sites (N-methyl/N-ethyl adjacent to an activating group) is 1. The molecule has 5 nitrogen and oxygen atoms in total. The normalized spacial score (nSPS) is 13.2. The predicted octanol–water partition coefficient (Wildman–Crippen LogP) is 2.47. The van der Waals surface area contributed by atoms with Gasteiger partial charge in [-0.15, -0.1) is 0 Å². The molecule has 25 heavy (non-hydrogen) atoms. The summed E-state index contributed by atoms with van der Waals surface area (Å²) in [5, 5.41) is 3.43. The van der Waals surface area contributed by atoms with Gasteiger partial charge in [0, 0.05) is 39.6 Å². The molecule has 1 N–H and O–H groups in total. The lowest BCUT2D eigenvalue weighted by Crippen LogP contribution is -2.42. The molecule has 0 bridgehead atoms. The van der Waals surface area contributed by atoms with E-state index in [2.05, 4.69) is 30.7 Å². The molecule has 1 heterocycles. The molecule has 0 aliphatic heterocycles. The SMILES string of the molecule is CN=C(NCC(c1ccc(F)cc1)N(C)C)N(C)Cc1cccn1C. The summed E-state index contributed by atoms with van der Waals surface area (Å²) in [5.41, 5.74) is 2.28. The minimum absolute atomic E-state index is 0.126. The zero-order chi connectivity index (χ0) is 18.4. The van der Waals surface area contributed by atoms with Crippen LogP contribution in [-0.2, 0) is 13.6 Å². The van der Waals surface area contributed by atoms with Gasteiger partial charge in [-0.05, 0) is 43.9 Å². The van der Waals surface area contributed by atoms with Crippen molar-refractivity contribution in [2.24, 2.45) is 12.0 Å². The Labute approximate surface area is 149 Å². The van der Waals surface area contributed by atoms with Gasteiger partial charge in [-0.2, -0.15) is 0 Å². The smallest absolute Gasteiger partial charge is 0.193 e. The second-order valence-corrected chi connectivity index (χ2v) is 6.43.